The number of halogens is 4. The van der Waals surface area contributed by atoms with Gasteiger partial charge in [0.1, 0.15) is 18.4 Å². The zero-order valence-electron chi connectivity index (χ0n) is 23.1. The van der Waals surface area contributed by atoms with Crippen molar-refractivity contribution in [2.75, 3.05) is 31.3 Å². The lowest BCUT2D eigenvalue weighted by Gasteiger charge is -2.16. The summed E-state index contributed by atoms with van der Waals surface area (Å²) in [6.45, 7) is 2.22. The molecule has 0 aliphatic carbocycles. The third-order valence-electron chi connectivity index (χ3n) is 6.38. The van der Waals surface area contributed by atoms with Gasteiger partial charge in [-0.15, -0.1) is 0 Å². The summed E-state index contributed by atoms with van der Waals surface area (Å²) in [6, 6.07) is 12.6. The first-order chi connectivity index (χ1) is 20.0. The molecule has 0 aliphatic heterocycles. The number of carbonyl (C=O) groups excluding carboxylic acids is 1. The molecule has 1 amide bonds. The highest BCUT2D eigenvalue weighted by atomic mass is 35.5. The number of nitriles is 1. The van der Waals surface area contributed by atoms with E-state index in [0.717, 1.165) is 18.2 Å². The van der Waals surface area contributed by atoms with E-state index in [-0.39, 0.29) is 27.9 Å². The van der Waals surface area contributed by atoms with Crippen molar-refractivity contribution in [2.45, 2.75) is 32.5 Å². The molecule has 8 nitrogen and oxygen atoms in total. The number of nitrogens with one attached hydrogen (secondary N) is 2. The molecule has 0 bridgehead atoms. The molecule has 2 aromatic carbocycles. The minimum atomic E-state index is -4.57. The van der Waals surface area contributed by atoms with Crippen LogP contribution in [-0.4, -0.2) is 41.4 Å². The SMILES string of the molecule is Cc1cc2ncc(C#N)c(Nc3ccc(OCc4ncccc4C(F)(F)F)c(Cl)c3)c2cc1NC(=O)CCCN(C)C. The van der Waals surface area contributed by atoms with E-state index in [2.05, 4.69) is 26.7 Å². The maximum atomic E-state index is 13.3. The summed E-state index contributed by atoms with van der Waals surface area (Å²) in [5.74, 6) is 0.0459. The van der Waals surface area contributed by atoms with Crippen molar-refractivity contribution in [1.82, 2.24) is 14.9 Å². The fourth-order valence-corrected chi connectivity index (χ4v) is 4.50. The Morgan fingerprint density at radius 2 is 1.95 bits per heavy atom. The Labute approximate surface area is 246 Å². The number of rotatable bonds is 10. The summed E-state index contributed by atoms with van der Waals surface area (Å²) in [4.78, 5) is 22.8. The number of hydrogen-bond donors (Lipinski definition) is 2. The van der Waals surface area contributed by atoms with Gasteiger partial charge in [0.2, 0.25) is 5.91 Å². The number of ether oxygens (including phenoxy) is 1. The van der Waals surface area contributed by atoms with Crippen LogP contribution >= 0.6 is 11.6 Å². The maximum Gasteiger partial charge on any atom is 0.418 e. The molecular weight excluding hydrogens is 569 g/mol. The topological polar surface area (TPSA) is 103 Å². The Balaban J connectivity index is 1.57. The highest BCUT2D eigenvalue weighted by molar-refractivity contribution is 6.32. The van der Waals surface area contributed by atoms with Crippen LogP contribution in [0.25, 0.3) is 10.9 Å². The molecule has 218 valence electrons. The van der Waals surface area contributed by atoms with E-state index in [1.165, 1.54) is 30.6 Å². The van der Waals surface area contributed by atoms with Crippen molar-refractivity contribution in [3.63, 3.8) is 0 Å². The number of aromatic nitrogens is 2. The lowest BCUT2D eigenvalue weighted by molar-refractivity contribution is -0.138. The fraction of sp³-hybridized carbons (Fsp3) is 0.267. The summed E-state index contributed by atoms with van der Waals surface area (Å²) in [5, 5.41) is 16.7. The first kappa shape index (κ1) is 30.6. The van der Waals surface area contributed by atoms with Crippen LogP contribution < -0.4 is 15.4 Å². The van der Waals surface area contributed by atoms with E-state index >= 15 is 0 Å². The summed E-state index contributed by atoms with van der Waals surface area (Å²) in [7, 11) is 3.89. The van der Waals surface area contributed by atoms with Gasteiger partial charge in [-0.25, -0.2) is 0 Å². The predicted molar refractivity (Wildman–Crippen MR) is 156 cm³/mol. The molecule has 0 atom stereocenters. The van der Waals surface area contributed by atoms with Gasteiger partial charge >= 0.3 is 6.18 Å². The highest BCUT2D eigenvalue weighted by Gasteiger charge is 2.34. The monoisotopic (exact) mass is 596 g/mol. The second-order valence-electron chi connectivity index (χ2n) is 9.85. The first-order valence-electron chi connectivity index (χ1n) is 12.9. The Hall–Kier alpha value is -4.40. The lowest BCUT2D eigenvalue weighted by Crippen LogP contribution is -2.17. The Morgan fingerprint density at radius 3 is 2.64 bits per heavy atom. The first-order valence-corrected chi connectivity index (χ1v) is 13.3. The fourth-order valence-electron chi connectivity index (χ4n) is 4.26. The zero-order valence-corrected chi connectivity index (χ0v) is 23.9. The van der Waals surface area contributed by atoms with Crippen LogP contribution in [0, 0.1) is 18.3 Å². The molecule has 42 heavy (non-hydrogen) atoms. The minimum absolute atomic E-state index is 0.117. The summed E-state index contributed by atoms with van der Waals surface area (Å²) < 4.78 is 45.4. The third-order valence-corrected chi connectivity index (χ3v) is 6.67. The maximum absolute atomic E-state index is 13.3. The second-order valence-corrected chi connectivity index (χ2v) is 10.3. The van der Waals surface area contributed by atoms with E-state index in [1.54, 1.807) is 12.1 Å². The van der Waals surface area contributed by atoms with Gasteiger partial charge in [0.15, 0.2) is 0 Å². The molecule has 2 aromatic heterocycles. The molecule has 0 aliphatic rings. The van der Waals surface area contributed by atoms with Crippen molar-refractivity contribution in [3.8, 4) is 11.8 Å². The Morgan fingerprint density at radius 1 is 1.17 bits per heavy atom. The second kappa shape index (κ2) is 13.1. The van der Waals surface area contributed by atoms with Gasteiger partial charge in [-0.05, 0) is 82.0 Å². The summed E-state index contributed by atoms with van der Waals surface area (Å²) in [5.41, 5.74) is 2.11. The molecule has 2 heterocycles. The third kappa shape index (κ3) is 7.46. The average Bonchev–Trinajstić information content (AvgIpc) is 2.93. The van der Waals surface area contributed by atoms with Crippen LogP contribution in [0.15, 0.2) is 54.9 Å². The average molecular weight is 597 g/mol. The smallest absolute Gasteiger partial charge is 0.418 e. The zero-order chi connectivity index (χ0) is 30.4. The Bertz CT molecular complexity index is 1650. The van der Waals surface area contributed by atoms with E-state index < -0.39 is 18.3 Å². The van der Waals surface area contributed by atoms with Gasteiger partial charge in [-0.1, -0.05) is 11.6 Å². The van der Waals surface area contributed by atoms with Crippen LogP contribution in [-0.2, 0) is 17.6 Å². The van der Waals surface area contributed by atoms with Crippen LogP contribution in [0.5, 0.6) is 5.75 Å². The lowest BCUT2D eigenvalue weighted by atomic mass is 10.0. The number of alkyl halides is 3. The van der Waals surface area contributed by atoms with Crippen LogP contribution in [0.2, 0.25) is 5.02 Å². The molecule has 0 radical (unpaired) electrons. The van der Waals surface area contributed by atoms with Crippen molar-refractivity contribution in [1.29, 1.82) is 5.26 Å². The molecule has 0 unspecified atom stereocenters. The number of nitrogens with zero attached hydrogens (tertiary/aromatic N) is 4. The number of aryl methyl sites for hydroxylation is 1. The molecule has 0 fully saturated rings. The quantitative estimate of drug-likeness (QED) is 0.201. The summed E-state index contributed by atoms with van der Waals surface area (Å²) in [6.07, 6.45) is -0.776. The molecule has 2 N–H and O–H groups in total. The molecule has 0 saturated heterocycles. The molecule has 4 aromatic rings. The largest absolute Gasteiger partial charge is 0.486 e. The van der Waals surface area contributed by atoms with E-state index in [0.29, 0.717) is 40.8 Å². The van der Waals surface area contributed by atoms with Gasteiger partial charge in [0.25, 0.3) is 0 Å². The number of amides is 1. The molecular formula is C30H28ClF3N6O2. The number of anilines is 3. The number of fused-ring (bicyclic) bond motifs is 1. The van der Waals surface area contributed by atoms with Crippen molar-refractivity contribution < 1.29 is 22.7 Å². The van der Waals surface area contributed by atoms with Gasteiger partial charge in [-0.2, -0.15) is 18.4 Å². The summed E-state index contributed by atoms with van der Waals surface area (Å²) >= 11 is 6.41. The van der Waals surface area contributed by atoms with Gasteiger partial charge < -0.3 is 20.3 Å². The number of pyridine rings is 2. The van der Waals surface area contributed by atoms with Crippen molar-refractivity contribution >= 4 is 45.5 Å². The minimum Gasteiger partial charge on any atom is -0.486 e. The molecule has 12 heteroatoms. The molecule has 4 rings (SSSR count). The number of hydrogen-bond acceptors (Lipinski definition) is 7. The highest BCUT2D eigenvalue weighted by Crippen LogP contribution is 2.36. The van der Waals surface area contributed by atoms with E-state index in [4.69, 9.17) is 16.3 Å². The van der Waals surface area contributed by atoms with Crippen molar-refractivity contribution in [3.05, 3.63) is 82.3 Å². The van der Waals surface area contributed by atoms with Crippen molar-refractivity contribution in [2.24, 2.45) is 0 Å². The number of benzene rings is 2. The normalized spacial score (nSPS) is 11.4. The van der Waals surface area contributed by atoms with Crippen LogP contribution in [0.3, 0.4) is 0 Å². The standard InChI is InChI=1S/C30H28ClF3N6O2/c1-18-12-25-21(14-24(18)39-28(41)7-5-11-40(2)3)29(19(15-35)16-37-25)38-20-8-9-27(23(31)13-20)42-17-26-22(30(32,33)34)6-4-10-36-26/h4,6,8-10,12-14,16H,5,7,11,17H2,1-3H3,(H,37,38)(H,39,41). The van der Waals surface area contributed by atoms with E-state index in [9.17, 15) is 23.2 Å². The predicted octanol–water partition coefficient (Wildman–Crippen LogP) is 7.09. The van der Waals surface area contributed by atoms with Gasteiger partial charge in [-0.3, -0.25) is 14.8 Å². The van der Waals surface area contributed by atoms with Crippen LogP contribution in [0.4, 0.5) is 30.2 Å². The van der Waals surface area contributed by atoms with Crippen LogP contribution in [0.1, 0.15) is 35.2 Å². The van der Waals surface area contributed by atoms with Gasteiger partial charge in [0.05, 0.1) is 33.0 Å². The Kier molecular flexibility index (Phi) is 9.50. The van der Waals surface area contributed by atoms with Gasteiger partial charge in [0, 0.05) is 35.6 Å². The molecule has 0 saturated carbocycles. The number of carbonyl (C=O) groups is 1. The molecule has 0 spiro atoms. The van der Waals surface area contributed by atoms with E-state index in [1.807, 2.05) is 32.0 Å².